The molecule has 0 radical (unpaired) electrons. The van der Waals surface area contributed by atoms with E-state index in [0.717, 1.165) is 17.2 Å². The zero-order chi connectivity index (χ0) is 17.6. The van der Waals surface area contributed by atoms with Crippen molar-refractivity contribution in [3.8, 4) is 17.2 Å². The van der Waals surface area contributed by atoms with Gasteiger partial charge in [-0.3, -0.25) is 23.5 Å². The van der Waals surface area contributed by atoms with Crippen molar-refractivity contribution in [1.82, 2.24) is 0 Å². The van der Waals surface area contributed by atoms with Crippen LogP contribution in [0.15, 0.2) is 87.5 Å². The maximum absolute atomic E-state index is 5.29. The van der Waals surface area contributed by atoms with Crippen molar-refractivity contribution in [2.75, 3.05) is 21.3 Å². The Morgan fingerprint density at radius 2 is 0.625 bits per heavy atom. The van der Waals surface area contributed by atoms with Crippen LogP contribution in [0.5, 0.6) is 17.2 Å². The third kappa shape index (κ3) is 9.36. The molecule has 0 bridgehead atoms. The second-order valence-electron chi connectivity index (χ2n) is 5.33. The number of ether oxygens (including phenoxy) is 3. The zero-order valence-electron chi connectivity index (χ0n) is 17.7. The number of hydrogen-bond acceptors (Lipinski definition) is 3. The van der Waals surface area contributed by atoms with Gasteiger partial charge >= 0.3 is 18.0 Å². The first-order valence-electron chi connectivity index (χ1n) is 7.91. The van der Waals surface area contributed by atoms with Gasteiger partial charge in [-0.2, -0.15) is 0 Å². The van der Waals surface area contributed by atoms with Crippen LogP contribution in [0.4, 0.5) is 23.5 Å². The van der Waals surface area contributed by atoms with E-state index in [1.54, 1.807) is 21.3 Å². The Kier molecular flexibility index (Phi) is 24.0. The summed E-state index contributed by atoms with van der Waals surface area (Å²) in [6, 6.07) is 24.7. The van der Waals surface area contributed by atoms with Crippen molar-refractivity contribution < 1.29 is 42.4 Å². The summed E-state index contributed by atoms with van der Waals surface area (Å²) in [7, 11) is 4.83. The van der Waals surface area contributed by atoms with E-state index in [2.05, 4.69) is 36.4 Å². The molecule has 1 atom stereocenters. The molecule has 0 spiro atoms. The average molecular weight is 550 g/mol. The van der Waals surface area contributed by atoms with E-state index in [1.807, 2.05) is 36.4 Å². The monoisotopic (exact) mass is 550 g/mol. The van der Waals surface area contributed by atoms with Crippen molar-refractivity contribution in [3.63, 3.8) is 0 Å². The van der Waals surface area contributed by atoms with E-state index in [4.69, 9.17) is 14.2 Å². The van der Waals surface area contributed by atoms with Crippen molar-refractivity contribution in [1.29, 1.82) is 0 Å². The number of halogens is 6. The summed E-state index contributed by atoms with van der Waals surface area (Å²) in [4.78, 5) is 3.70. The molecule has 0 N–H and O–H groups in total. The maximum Gasteiger partial charge on any atom is -1.00 e. The summed E-state index contributed by atoms with van der Waals surface area (Å²) < 4.78 is 15.9. The summed E-state index contributed by atoms with van der Waals surface area (Å²) in [6.07, 6.45) is 0. The van der Waals surface area contributed by atoms with E-state index in [0.29, 0.717) is 0 Å². The van der Waals surface area contributed by atoms with Crippen LogP contribution in [0.2, 0.25) is 0 Å². The van der Waals surface area contributed by atoms with E-state index in [-0.39, 0.29) is 57.1 Å². The molecule has 0 saturated carbocycles. The minimum absolute atomic E-state index is 0. The second kappa shape index (κ2) is 19.3. The number of benzene rings is 3. The van der Waals surface area contributed by atoms with Crippen molar-refractivity contribution in [2.24, 2.45) is 0 Å². The number of methoxy groups -OCH3 is 3. The molecule has 0 fully saturated rings. The van der Waals surface area contributed by atoms with Gasteiger partial charge in [0.15, 0.2) is 14.7 Å². The molecule has 3 aromatic rings. The minimum atomic E-state index is -0.212. The molecule has 3 aromatic carbocycles. The molecule has 0 amide bonds. The van der Waals surface area contributed by atoms with E-state index < -0.39 is 0 Å². The third-order valence-electron chi connectivity index (χ3n) is 3.89. The van der Waals surface area contributed by atoms with Crippen LogP contribution in [0, 0.1) is 0 Å². The summed E-state index contributed by atoms with van der Waals surface area (Å²) in [5, 5.41) is 0. The van der Waals surface area contributed by atoms with Gasteiger partial charge in [-0.15, -0.1) is 0 Å². The number of hydrogen-bond donors (Lipinski definition) is 0. The quantitative estimate of drug-likeness (QED) is 0.264. The average Bonchev–Trinajstić information content (AvgIpc) is 2.70. The Hall–Kier alpha value is -2.45. The molecule has 0 aliphatic heterocycles. The van der Waals surface area contributed by atoms with Gasteiger partial charge in [-0.25, -0.2) is 0 Å². The first-order chi connectivity index (χ1) is 12.2. The van der Waals surface area contributed by atoms with Gasteiger partial charge in [0.1, 0.15) is 17.2 Å². The Morgan fingerprint density at radius 3 is 0.781 bits per heavy atom. The normalized spacial score (nSPS) is 8.25. The Morgan fingerprint density at radius 1 is 0.438 bits per heavy atom. The predicted molar refractivity (Wildman–Crippen MR) is 124 cm³/mol. The van der Waals surface area contributed by atoms with Crippen molar-refractivity contribution >= 4 is 28.8 Å². The predicted octanol–water partition coefficient (Wildman–Crippen LogP) is 1.39. The molecule has 1 unspecified atom stereocenters. The van der Waals surface area contributed by atoms with Gasteiger partial charge in [0.2, 0.25) is 0 Å². The zero-order valence-corrected chi connectivity index (χ0v) is 21.5. The first kappa shape index (κ1) is 40.0. The summed E-state index contributed by atoms with van der Waals surface area (Å²) in [6.45, 7) is 0. The van der Waals surface area contributed by atoms with Gasteiger partial charge < -0.3 is 18.9 Å². The van der Waals surface area contributed by atoms with Crippen LogP contribution < -0.4 is 18.9 Å². The SMILES string of the molecule is COc1ccc([S+](c2ccc(OC)cc2)c2ccc(OC)cc2)cc1.F.F.F.F.F.[AsH3].[F-]. The van der Waals surface area contributed by atoms with Crippen LogP contribution in [-0.4, -0.2) is 39.3 Å². The van der Waals surface area contributed by atoms with Gasteiger partial charge in [0.05, 0.1) is 32.2 Å². The molecule has 184 valence electrons. The van der Waals surface area contributed by atoms with Crippen molar-refractivity contribution in [3.05, 3.63) is 72.8 Å². The largest absolute Gasteiger partial charge is 1.00 e. The fourth-order valence-electron chi connectivity index (χ4n) is 2.54. The Bertz CT molecular complexity index is 712. The Labute approximate surface area is 197 Å². The standard InChI is InChI=1S/C21H21O3S.AsH3.6FH/c1-22-16-4-10-19(11-5-16)25(20-12-6-17(23-2)7-13-20)21-14-8-18(24-3)9-15-21;;;;;;;/h4-15H,1-3H3;1H3;6*1H/q+1;;;;;;;/p-1. The van der Waals surface area contributed by atoms with E-state index in [1.165, 1.54) is 14.7 Å². The number of rotatable bonds is 6. The maximum atomic E-state index is 5.29. The molecule has 0 aliphatic rings. The third-order valence-corrected chi connectivity index (χ3v) is 6.12. The van der Waals surface area contributed by atoms with Gasteiger partial charge in [-0.1, -0.05) is 0 Å². The minimum Gasteiger partial charge on any atom is -1.00 e. The Balaban J connectivity index is -0.000000347. The molecule has 0 heterocycles. The fraction of sp³-hybridized carbons (Fsp3) is 0.143. The molecular formula is C21H29AsF6O3S. The topological polar surface area (TPSA) is 27.7 Å². The second-order valence-corrected chi connectivity index (χ2v) is 7.36. The van der Waals surface area contributed by atoms with Crippen molar-refractivity contribution in [2.45, 2.75) is 14.7 Å². The van der Waals surface area contributed by atoms with E-state index >= 15 is 0 Å². The molecule has 32 heavy (non-hydrogen) atoms. The van der Waals surface area contributed by atoms with Gasteiger partial charge in [0.25, 0.3) is 0 Å². The molecular weight excluding hydrogens is 521 g/mol. The smallest absolute Gasteiger partial charge is 1.00 e. The molecule has 0 aliphatic carbocycles. The van der Waals surface area contributed by atoms with Crippen LogP contribution in [0.25, 0.3) is 0 Å². The molecule has 3 rings (SSSR count). The van der Waals surface area contributed by atoms with Crippen LogP contribution >= 0.6 is 0 Å². The van der Waals surface area contributed by atoms with E-state index in [9.17, 15) is 0 Å². The van der Waals surface area contributed by atoms with Gasteiger partial charge in [0, 0.05) is 0 Å². The summed E-state index contributed by atoms with van der Waals surface area (Å²) >= 11 is 0. The van der Waals surface area contributed by atoms with Gasteiger partial charge in [-0.05, 0) is 72.8 Å². The molecule has 11 heteroatoms. The summed E-state index contributed by atoms with van der Waals surface area (Å²) in [5.41, 5.74) is 0. The fourth-order valence-corrected chi connectivity index (χ4v) is 4.58. The summed E-state index contributed by atoms with van der Waals surface area (Å²) in [5.74, 6) is 2.57. The molecule has 3 nitrogen and oxygen atoms in total. The van der Waals surface area contributed by atoms with Crippen LogP contribution in [0.1, 0.15) is 0 Å². The molecule has 0 aromatic heterocycles. The molecule has 0 saturated heterocycles. The van der Waals surface area contributed by atoms with Crippen LogP contribution in [-0.2, 0) is 10.9 Å². The first-order valence-corrected chi connectivity index (χ1v) is 9.14. The van der Waals surface area contributed by atoms with Crippen LogP contribution in [0.3, 0.4) is 0 Å².